The number of alkyl halides is 1. The number of aromatic nitrogens is 1. The topological polar surface area (TPSA) is 16.1 Å². The Morgan fingerprint density at radius 3 is 2.53 bits per heavy atom. The van der Waals surface area contributed by atoms with Crippen molar-refractivity contribution in [2.75, 3.05) is 13.1 Å². The molecule has 0 amide bonds. The maximum atomic E-state index is 5.83. The van der Waals surface area contributed by atoms with Crippen LogP contribution >= 0.6 is 22.9 Å². The van der Waals surface area contributed by atoms with Crippen molar-refractivity contribution in [3.63, 3.8) is 0 Å². The van der Waals surface area contributed by atoms with Crippen LogP contribution in [0.3, 0.4) is 0 Å². The fourth-order valence-corrected chi connectivity index (χ4v) is 4.02. The Balaban J connectivity index is 1.94. The van der Waals surface area contributed by atoms with E-state index in [0.29, 0.717) is 17.3 Å². The van der Waals surface area contributed by atoms with Crippen molar-refractivity contribution in [1.29, 1.82) is 0 Å². The monoisotopic (exact) mass is 300 g/mol. The van der Waals surface area contributed by atoms with Gasteiger partial charge >= 0.3 is 0 Å². The van der Waals surface area contributed by atoms with E-state index in [-0.39, 0.29) is 0 Å². The number of likely N-dealkylation sites (tertiary alicyclic amines) is 1. The summed E-state index contributed by atoms with van der Waals surface area (Å²) < 4.78 is 0. The molecule has 0 bridgehead atoms. The number of nitrogens with zero attached hydrogens (tertiary/aromatic N) is 2. The third-order valence-electron chi connectivity index (χ3n) is 4.37. The highest BCUT2D eigenvalue weighted by molar-refractivity contribution is 7.09. The second kappa shape index (κ2) is 6.11. The summed E-state index contributed by atoms with van der Waals surface area (Å²) in [5, 5.41) is 3.30. The van der Waals surface area contributed by atoms with Gasteiger partial charge in [0, 0.05) is 5.38 Å². The van der Waals surface area contributed by atoms with E-state index < -0.39 is 0 Å². The zero-order valence-corrected chi connectivity index (χ0v) is 14.0. The van der Waals surface area contributed by atoms with E-state index in [0.717, 1.165) is 11.6 Å². The first-order valence-electron chi connectivity index (χ1n) is 7.16. The summed E-state index contributed by atoms with van der Waals surface area (Å²) in [5.41, 5.74) is 1.46. The van der Waals surface area contributed by atoms with Crippen LogP contribution in [0.5, 0.6) is 0 Å². The summed E-state index contributed by atoms with van der Waals surface area (Å²) >= 11 is 7.58. The standard InChI is InChI=1S/C15H25ClN2S/c1-11(14-17-13(9-16)10-19-14)18-7-5-12(6-8-18)15(2,3)4/h10-12H,5-9H2,1-4H3. The highest BCUT2D eigenvalue weighted by Crippen LogP contribution is 2.36. The normalized spacial score (nSPS) is 20.7. The van der Waals surface area contributed by atoms with Crippen LogP contribution in [0, 0.1) is 11.3 Å². The van der Waals surface area contributed by atoms with Crippen molar-refractivity contribution in [3.8, 4) is 0 Å². The first-order valence-corrected chi connectivity index (χ1v) is 8.57. The highest BCUT2D eigenvalue weighted by atomic mass is 35.5. The molecule has 1 fully saturated rings. The van der Waals surface area contributed by atoms with Crippen molar-refractivity contribution >= 4 is 22.9 Å². The van der Waals surface area contributed by atoms with E-state index in [4.69, 9.17) is 11.6 Å². The molecule has 1 aromatic rings. The molecule has 0 aromatic carbocycles. The lowest BCUT2D eigenvalue weighted by molar-refractivity contribution is 0.0876. The molecule has 2 heterocycles. The molecule has 0 spiro atoms. The zero-order valence-electron chi connectivity index (χ0n) is 12.4. The second-order valence-electron chi connectivity index (χ2n) is 6.66. The molecule has 1 atom stereocenters. The molecule has 4 heteroatoms. The minimum Gasteiger partial charge on any atom is -0.294 e. The van der Waals surface area contributed by atoms with E-state index in [1.807, 2.05) is 0 Å². The minimum absolute atomic E-state index is 0.433. The Kier molecular flexibility index (Phi) is 4.91. The Morgan fingerprint density at radius 1 is 1.42 bits per heavy atom. The smallest absolute Gasteiger partial charge is 0.110 e. The van der Waals surface area contributed by atoms with Gasteiger partial charge in [-0.2, -0.15) is 0 Å². The molecule has 0 N–H and O–H groups in total. The zero-order chi connectivity index (χ0) is 14.0. The van der Waals surface area contributed by atoms with Gasteiger partial charge in [0.05, 0.1) is 17.6 Å². The Bertz CT molecular complexity index is 403. The van der Waals surface area contributed by atoms with Gasteiger partial charge in [0.1, 0.15) is 5.01 Å². The molecule has 2 rings (SSSR count). The van der Waals surface area contributed by atoms with Crippen LogP contribution in [0.4, 0.5) is 0 Å². The number of piperidine rings is 1. The van der Waals surface area contributed by atoms with Crippen molar-refractivity contribution in [1.82, 2.24) is 9.88 Å². The van der Waals surface area contributed by atoms with E-state index in [1.165, 1.54) is 30.9 Å². The predicted octanol–water partition coefficient (Wildman–Crippen LogP) is 4.70. The molecule has 108 valence electrons. The van der Waals surface area contributed by atoms with Crippen molar-refractivity contribution < 1.29 is 0 Å². The van der Waals surface area contributed by atoms with Gasteiger partial charge in [0.2, 0.25) is 0 Å². The van der Waals surface area contributed by atoms with Crippen LogP contribution < -0.4 is 0 Å². The summed E-state index contributed by atoms with van der Waals surface area (Å²) in [6, 6.07) is 0.433. The lowest BCUT2D eigenvalue weighted by Crippen LogP contribution is -2.39. The summed E-state index contributed by atoms with van der Waals surface area (Å²) in [6.45, 7) is 11.8. The van der Waals surface area contributed by atoms with E-state index in [2.05, 4.69) is 43.0 Å². The van der Waals surface area contributed by atoms with Crippen molar-refractivity contribution in [2.45, 2.75) is 52.5 Å². The lowest BCUT2D eigenvalue weighted by atomic mass is 9.75. The average Bonchev–Trinajstić information content (AvgIpc) is 2.86. The number of halogens is 1. The predicted molar refractivity (Wildman–Crippen MR) is 83.8 cm³/mol. The third kappa shape index (κ3) is 3.71. The molecule has 0 radical (unpaired) electrons. The Morgan fingerprint density at radius 2 is 2.05 bits per heavy atom. The fourth-order valence-electron chi connectivity index (χ4n) is 2.88. The maximum absolute atomic E-state index is 5.83. The van der Waals surface area contributed by atoms with E-state index >= 15 is 0 Å². The van der Waals surface area contributed by atoms with Crippen LogP contribution in [0.25, 0.3) is 0 Å². The van der Waals surface area contributed by atoms with Gasteiger partial charge < -0.3 is 0 Å². The van der Waals surface area contributed by atoms with Crippen molar-refractivity contribution in [3.05, 3.63) is 16.1 Å². The van der Waals surface area contributed by atoms with E-state index in [9.17, 15) is 0 Å². The maximum Gasteiger partial charge on any atom is 0.110 e. The van der Waals surface area contributed by atoms with Gasteiger partial charge in [-0.25, -0.2) is 4.98 Å². The first kappa shape index (κ1) is 15.3. The molecule has 1 saturated heterocycles. The molecule has 1 unspecified atom stereocenters. The molecular formula is C15H25ClN2S. The van der Waals surface area contributed by atoms with Crippen LogP contribution in [-0.4, -0.2) is 23.0 Å². The summed E-state index contributed by atoms with van der Waals surface area (Å²) in [7, 11) is 0. The molecule has 1 aliphatic rings. The van der Waals surface area contributed by atoms with Gasteiger partial charge in [0.25, 0.3) is 0 Å². The quantitative estimate of drug-likeness (QED) is 0.752. The van der Waals surface area contributed by atoms with Crippen LogP contribution in [-0.2, 0) is 5.88 Å². The first-order chi connectivity index (χ1) is 8.91. The molecular weight excluding hydrogens is 276 g/mol. The van der Waals surface area contributed by atoms with Gasteiger partial charge in [-0.1, -0.05) is 20.8 Å². The number of hydrogen-bond donors (Lipinski definition) is 0. The van der Waals surface area contributed by atoms with Gasteiger partial charge in [-0.15, -0.1) is 22.9 Å². The molecule has 0 aliphatic carbocycles. The summed E-state index contributed by atoms with van der Waals surface area (Å²) in [4.78, 5) is 7.19. The van der Waals surface area contributed by atoms with Crippen LogP contribution in [0.1, 0.15) is 57.3 Å². The third-order valence-corrected chi connectivity index (χ3v) is 5.70. The fraction of sp³-hybridized carbons (Fsp3) is 0.800. The number of hydrogen-bond acceptors (Lipinski definition) is 3. The molecule has 1 aromatic heterocycles. The summed E-state index contributed by atoms with van der Waals surface area (Å²) in [6.07, 6.45) is 2.61. The Labute approximate surface area is 126 Å². The SMILES string of the molecule is CC(c1nc(CCl)cs1)N1CCC(C(C)(C)C)CC1. The second-order valence-corrected chi connectivity index (χ2v) is 7.82. The number of thiazole rings is 1. The number of rotatable bonds is 3. The molecule has 19 heavy (non-hydrogen) atoms. The van der Waals surface area contributed by atoms with Crippen LogP contribution in [0.2, 0.25) is 0 Å². The Hall–Kier alpha value is -0.120. The highest BCUT2D eigenvalue weighted by Gasteiger charge is 2.31. The van der Waals surface area contributed by atoms with Gasteiger partial charge in [-0.05, 0) is 44.2 Å². The van der Waals surface area contributed by atoms with Gasteiger partial charge in [0.15, 0.2) is 0 Å². The lowest BCUT2D eigenvalue weighted by Gasteiger charge is -2.40. The van der Waals surface area contributed by atoms with Gasteiger partial charge in [-0.3, -0.25) is 4.90 Å². The van der Waals surface area contributed by atoms with E-state index in [1.54, 1.807) is 11.3 Å². The largest absolute Gasteiger partial charge is 0.294 e. The molecule has 0 saturated carbocycles. The molecule has 2 nitrogen and oxygen atoms in total. The molecule has 1 aliphatic heterocycles. The minimum atomic E-state index is 0.433. The van der Waals surface area contributed by atoms with Crippen molar-refractivity contribution in [2.24, 2.45) is 11.3 Å². The van der Waals surface area contributed by atoms with Crippen LogP contribution in [0.15, 0.2) is 5.38 Å². The average molecular weight is 301 g/mol. The summed E-state index contributed by atoms with van der Waals surface area (Å²) in [5.74, 6) is 1.38.